The monoisotopic (exact) mass is 370 g/mol. The van der Waals surface area contributed by atoms with Crippen LogP contribution in [0, 0.1) is 5.82 Å². The van der Waals surface area contributed by atoms with Crippen molar-refractivity contribution in [2.24, 2.45) is 7.05 Å². The third-order valence-corrected chi connectivity index (χ3v) is 5.73. The molecule has 2 heterocycles. The number of hydrogen-bond acceptors (Lipinski definition) is 3. The number of hydrogen-bond donors (Lipinski definition) is 1. The Labute approximate surface area is 159 Å². The summed E-state index contributed by atoms with van der Waals surface area (Å²) in [5.41, 5.74) is 3.64. The molecule has 6 heteroatoms. The Kier molecular flexibility index (Phi) is 5.25. The number of nitrogens with zero attached hydrogens (tertiary/aromatic N) is 3. The largest absolute Gasteiger partial charge is 0.347 e. The number of rotatable bonds is 4. The summed E-state index contributed by atoms with van der Waals surface area (Å²) in [4.78, 5) is 15.2. The number of benzene rings is 1. The van der Waals surface area contributed by atoms with E-state index in [0.717, 1.165) is 68.6 Å². The topological polar surface area (TPSA) is 50.2 Å². The van der Waals surface area contributed by atoms with E-state index >= 15 is 0 Å². The van der Waals surface area contributed by atoms with Crippen molar-refractivity contribution in [1.29, 1.82) is 0 Å². The van der Waals surface area contributed by atoms with Crippen molar-refractivity contribution in [1.82, 2.24) is 20.0 Å². The molecule has 2 aromatic rings. The van der Waals surface area contributed by atoms with Crippen molar-refractivity contribution in [3.63, 3.8) is 0 Å². The molecule has 4 rings (SSSR count). The summed E-state index contributed by atoms with van der Waals surface area (Å²) in [5, 5.41) is 7.76. The lowest BCUT2D eigenvalue weighted by Crippen LogP contribution is -2.47. The first-order valence-corrected chi connectivity index (χ1v) is 9.93. The van der Waals surface area contributed by atoms with Crippen LogP contribution in [0.5, 0.6) is 0 Å². The second-order valence-electron chi connectivity index (χ2n) is 7.74. The quantitative estimate of drug-likeness (QED) is 0.900. The summed E-state index contributed by atoms with van der Waals surface area (Å²) in [6.45, 7) is 2.27. The summed E-state index contributed by atoms with van der Waals surface area (Å²) < 4.78 is 15.7. The number of likely N-dealkylation sites (tertiary alicyclic amines) is 1. The highest BCUT2D eigenvalue weighted by Gasteiger charge is 2.27. The molecule has 1 atom stereocenters. The van der Waals surface area contributed by atoms with E-state index in [0.29, 0.717) is 12.1 Å². The first-order valence-electron chi connectivity index (χ1n) is 9.93. The van der Waals surface area contributed by atoms with Crippen molar-refractivity contribution in [3.8, 4) is 0 Å². The minimum Gasteiger partial charge on any atom is -0.347 e. The zero-order valence-electron chi connectivity index (χ0n) is 15.9. The molecule has 27 heavy (non-hydrogen) atoms. The van der Waals surface area contributed by atoms with Crippen LogP contribution in [0.3, 0.4) is 0 Å². The van der Waals surface area contributed by atoms with Crippen LogP contribution >= 0.6 is 0 Å². The van der Waals surface area contributed by atoms with Crippen LogP contribution in [0.15, 0.2) is 24.3 Å². The van der Waals surface area contributed by atoms with Gasteiger partial charge in [-0.3, -0.25) is 14.4 Å². The number of piperidine rings is 1. The SMILES string of the molecule is Cn1nc2c(c1C(=O)N[C@H]1CCCN(Cc3ccccc3F)C1)CCCC2. The number of fused-ring (bicyclic) bond motifs is 1. The number of amides is 1. The fourth-order valence-corrected chi connectivity index (χ4v) is 4.40. The van der Waals surface area contributed by atoms with E-state index in [4.69, 9.17) is 0 Å². The van der Waals surface area contributed by atoms with Gasteiger partial charge < -0.3 is 5.32 Å². The zero-order valence-corrected chi connectivity index (χ0v) is 15.9. The minimum atomic E-state index is -0.162. The highest BCUT2D eigenvalue weighted by Crippen LogP contribution is 2.24. The molecule has 1 aliphatic carbocycles. The van der Waals surface area contributed by atoms with Gasteiger partial charge in [0.05, 0.1) is 5.69 Å². The van der Waals surface area contributed by atoms with E-state index < -0.39 is 0 Å². The number of aromatic nitrogens is 2. The molecule has 1 aromatic heterocycles. The molecule has 1 fully saturated rings. The molecule has 1 N–H and O–H groups in total. The highest BCUT2D eigenvalue weighted by molar-refractivity contribution is 5.94. The van der Waals surface area contributed by atoms with Gasteiger partial charge in [0.25, 0.3) is 5.91 Å². The fourth-order valence-electron chi connectivity index (χ4n) is 4.40. The lowest BCUT2D eigenvalue weighted by Gasteiger charge is -2.33. The predicted molar refractivity (Wildman–Crippen MR) is 102 cm³/mol. The summed E-state index contributed by atoms with van der Waals surface area (Å²) in [6.07, 6.45) is 6.15. The van der Waals surface area contributed by atoms with Gasteiger partial charge >= 0.3 is 0 Å². The fraction of sp³-hybridized carbons (Fsp3) is 0.524. The molecule has 5 nitrogen and oxygen atoms in total. The molecule has 0 bridgehead atoms. The van der Waals surface area contributed by atoms with Gasteiger partial charge in [0.2, 0.25) is 0 Å². The van der Waals surface area contributed by atoms with Gasteiger partial charge in [-0.2, -0.15) is 5.10 Å². The molecule has 1 aliphatic heterocycles. The van der Waals surface area contributed by atoms with Crippen LogP contribution in [-0.4, -0.2) is 39.7 Å². The third kappa shape index (κ3) is 3.90. The second-order valence-corrected chi connectivity index (χ2v) is 7.74. The van der Waals surface area contributed by atoms with Crippen molar-refractivity contribution >= 4 is 5.91 Å². The Bertz CT molecular complexity index is 832. The Morgan fingerprint density at radius 3 is 2.93 bits per heavy atom. The molecule has 2 aliphatic rings. The van der Waals surface area contributed by atoms with Crippen molar-refractivity contribution < 1.29 is 9.18 Å². The van der Waals surface area contributed by atoms with E-state index in [2.05, 4.69) is 15.3 Å². The van der Waals surface area contributed by atoms with E-state index in [1.807, 2.05) is 19.2 Å². The normalized spacial score (nSPS) is 20.3. The number of nitrogens with one attached hydrogen (secondary N) is 1. The lowest BCUT2D eigenvalue weighted by molar-refractivity contribution is 0.0889. The van der Waals surface area contributed by atoms with Gasteiger partial charge in [0.15, 0.2) is 0 Å². The van der Waals surface area contributed by atoms with Crippen LogP contribution in [0.2, 0.25) is 0 Å². The second kappa shape index (κ2) is 7.80. The average molecular weight is 370 g/mol. The van der Waals surface area contributed by atoms with Crippen LogP contribution in [0.4, 0.5) is 4.39 Å². The number of carbonyl (C=O) groups is 1. The summed E-state index contributed by atoms with van der Waals surface area (Å²) >= 11 is 0. The summed E-state index contributed by atoms with van der Waals surface area (Å²) in [5.74, 6) is -0.184. The molecule has 1 aromatic carbocycles. The van der Waals surface area contributed by atoms with Crippen LogP contribution in [0.1, 0.15) is 53.0 Å². The molecular weight excluding hydrogens is 343 g/mol. The van der Waals surface area contributed by atoms with Gasteiger partial charge in [0.1, 0.15) is 11.5 Å². The first kappa shape index (κ1) is 18.2. The van der Waals surface area contributed by atoms with Gasteiger partial charge in [0, 0.05) is 37.3 Å². The van der Waals surface area contributed by atoms with Crippen LogP contribution in [0.25, 0.3) is 0 Å². The zero-order chi connectivity index (χ0) is 18.8. The number of carbonyl (C=O) groups excluding carboxylic acids is 1. The highest BCUT2D eigenvalue weighted by atomic mass is 19.1. The van der Waals surface area contributed by atoms with E-state index in [-0.39, 0.29) is 17.8 Å². The summed E-state index contributed by atoms with van der Waals surface area (Å²) in [7, 11) is 1.86. The van der Waals surface area contributed by atoms with Crippen molar-refractivity contribution in [3.05, 3.63) is 52.6 Å². The predicted octanol–water partition coefficient (Wildman–Crippen LogP) is 2.83. The maximum atomic E-state index is 13.9. The van der Waals surface area contributed by atoms with Crippen molar-refractivity contribution in [2.45, 2.75) is 51.1 Å². The third-order valence-electron chi connectivity index (χ3n) is 5.73. The van der Waals surface area contributed by atoms with Crippen LogP contribution < -0.4 is 5.32 Å². The molecular formula is C21H27FN4O. The lowest BCUT2D eigenvalue weighted by atomic mass is 9.95. The van der Waals surface area contributed by atoms with E-state index in [1.165, 1.54) is 6.07 Å². The molecule has 0 unspecified atom stereocenters. The molecule has 1 amide bonds. The molecule has 144 valence electrons. The number of aryl methyl sites for hydroxylation is 2. The van der Waals surface area contributed by atoms with Gasteiger partial charge in [-0.1, -0.05) is 18.2 Å². The standard InChI is InChI=1S/C21H27FN4O/c1-25-20(17-9-3-5-11-19(17)24-25)21(27)23-16-8-6-12-26(14-16)13-15-7-2-4-10-18(15)22/h2,4,7,10,16H,3,5-6,8-9,11-14H2,1H3,(H,23,27)/t16-/m0/s1. The average Bonchev–Trinajstić information content (AvgIpc) is 3.00. The van der Waals surface area contributed by atoms with Gasteiger partial charge in [-0.05, 0) is 51.1 Å². The molecule has 0 radical (unpaired) electrons. The van der Waals surface area contributed by atoms with E-state index in [9.17, 15) is 9.18 Å². The van der Waals surface area contributed by atoms with Crippen molar-refractivity contribution in [2.75, 3.05) is 13.1 Å². The smallest absolute Gasteiger partial charge is 0.270 e. The Balaban J connectivity index is 1.42. The van der Waals surface area contributed by atoms with Gasteiger partial charge in [-0.15, -0.1) is 0 Å². The summed E-state index contributed by atoms with van der Waals surface area (Å²) in [6, 6.07) is 7.01. The Morgan fingerprint density at radius 1 is 1.26 bits per heavy atom. The molecule has 1 saturated heterocycles. The van der Waals surface area contributed by atoms with E-state index in [1.54, 1.807) is 10.7 Å². The maximum absolute atomic E-state index is 13.9. The molecule has 0 spiro atoms. The van der Waals surface area contributed by atoms with Gasteiger partial charge in [-0.25, -0.2) is 4.39 Å². The van der Waals surface area contributed by atoms with Crippen LogP contribution in [-0.2, 0) is 26.4 Å². The Morgan fingerprint density at radius 2 is 2.07 bits per heavy atom. The number of halogens is 1. The molecule has 0 saturated carbocycles. The minimum absolute atomic E-state index is 0.0223. The first-order chi connectivity index (χ1) is 13.1. The Hall–Kier alpha value is -2.21. The maximum Gasteiger partial charge on any atom is 0.270 e.